The van der Waals surface area contributed by atoms with E-state index in [9.17, 15) is 22.4 Å². The van der Waals surface area contributed by atoms with Crippen molar-refractivity contribution < 1.29 is 27.1 Å². The number of aryl methyl sites for hydroxylation is 1. The maximum atomic E-state index is 14.5. The molecular formula is C23H26ClF4N3O2. The van der Waals surface area contributed by atoms with Gasteiger partial charge in [-0.3, -0.25) is 4.90 Å². The molecule has 0 saturated heterocycles. The SMILES string of the molecule is CC(C)(C)OC(=O)N1CCn2c(C3CC3)nc(Cl)c2C1CCc1ccc(C(F)(F)F)cc1F. The van der Waals surface area contributed by atoms with Gasteiger partial charge in [-0.2, -0.15) is 13.2 Å². The molecule has 33 heavy (non-hydrogen) atoms. The number of halogens is 5. The van der Waals surface area contributed by atoms with Gasteiger partial charge in [0, 0.05) is 19.0 Å². The van der Waals surface area contributed by atoms with Crippen LogP contribution in [0.5, 0.6) is 0 Å². The molecule has 2 aliphatic rings. The summed E-state index contributed by atoms with van der Waals surface area (Å²) in [5, 5.41) is 0.294. The first kappa shape index (κ1) is 23.9. The van der Waals surface area contributed by atoms with Gasteiger partial charge in [-0.05, 0) is 64.2 Å². The summed E-state index contributed by atoms with van der Waals surface area (Å²) in [7, 11) is 0. The largest absolute Gasteiger partial charge is 0.444 e. The number of aromatic nitrogens is 2. The van der Waals surface area contributed by atoms with E-state index in [2.05, 4.69) is 4.98 Å². The van der Waals surface area contributed by atoms with Crippen LogP contribution in [0, 0.1) is 5.82 Å². The molecule has 0 N–H and O–H groups in total. The number of rotatable bonds is 4. The molecule has 1 aromatic carbocycles. The van der Waals surface area contributed by atoms with Crippen LogP contribution < -0.4 is 0 Å². The molecule has 180 valence electrons. The van der Waals surface area contributed by atoms with Crippen LogP contribution in [0.4, 0.5) is 22.4 Å². The number of carbonyl (C=O) groups excluding carboxylic acids is 1. The third-order valence-electron chi connectivity index (χ3n) is 5.89. The summed E-state index contributed by atoms with van der Waals surface area (Å²) in [6, 6.07) is 1.98. The van der Waals surface area contributed by atoms with Gasteiger partial charge in [0.25, 0.3) is 0 Å². The van der Waals surface area contributed by atoms with Crippen molar-refractivity contribution in [3.63, 3.8) is 0 Å². The number of alkyl halides is 3. The van der Waals surface area contributed by atoms with Crippen molar-refractivity contribution in [1.82, 2.24) is 14.5 Å². The second kappa shape index (κ2) is 8.49. The van der Waals surface area contributed by atoms with Crippen molar-refractivity contribution in [2.45, 2.75) is 76.7 Å². The average Bonchev–Trinajstić information content (AvgIpc) is 3.48. The Morgan fingerprint density at radius 2 is 1.91 bits per heavy atom. The lowest BCUT2D eigenvalue weighted by atomic mass is 9.99. The van der Waals surface area contributed by atoms with Crippen LogP contribution in [-0.2, 0) is 23.9 Å². The predicted octanol–water partition coefficient (Wildman–Crippen LogP) is 6.50. The summed E-state index contributed by atoms with van der Waals surface area (Å²) in [5.74, 6) is 0.310. The molecule has 1 aliphatic heterocycles. The molecule has 1 unspecified atom stereocenters. The average molecular weight is 488 g/mol. The van der Waals surface area contributed by atoms with E-state index >= 15 is 0 Å². The summed E-state index contributed by atoms with van der Waals surface area (Å²) in [5.41, 5.74) is -0.931. The fourth-order valence-electron chi connectivity index (χ4n) is 4.22. The summed E-state index contributed by atoms with van der Waals surface area (Å²) < 4.78 is 60.7. The molecule has 1 saturated carbocycles. The number of ether oxygens (including phenoxy) is 1. The van der Waals surface area contributed by atoms with Gasteiger partial charge >= 0.3 is 12.3 Å². The topological polar surface area (TPSA) is 47.4 Å². The second-order valence-corrected chi connectivity index (χ2v) is 9.96. The number of fused-ring (bicyclic) bond motifs is 1. The van der Waals surface area contributed by atoms with Gasteiger partial charge in [0.05, 0.1) is 17.3 Å². The summed E-state index contributed by atoms with van der Waals surface area (Å²) in [6.07, 6.45) is -2.69. The molecule has 10 heteroatoms. The minimum absolute atomic E-state index is 0.119. The van der Waals surface area contributed by atoms with Crippen LogP contribution in [0.1, 0.15) is 74.6 Å². The molecule has 1 aromatic heterocycles. The monoisotopic (exact) mass is 487 g/mol. The number of hydrogen-bond donors (Lipinski definition) is 0. The zero-order chi connectivity index (χ0) is 24.1. The van der Waals surface area contributed by atoms with Crippen molar-refractivity contribution in [1.29, 1.82) is 0 Å². The lowest BCUT2D eigenvalue weighted by molar-refractivity contribution is -0.137. The predicted molar refractivity (Wildman–Crippen MR) is 115 cm³/mol. The molecule has 1 atom stereocenters. The van der Waals surface area contributed by atoms with Gasteiger partial charge < -0.3 is 9.30 Å². The van der Waals surface area contributed by atoms with Crippen LogP contribution in [0.3, 0.4) is 0 Å². The van der Waals surface area contributed by atoms with Gasteiger partial charge in [0.15, 0.2) is 5.15 Å². The fourth-order valence-corrected chi connectivity index (χ4v) is 4.53. The van der Waals surface area contributed by atoms with Gasteiger partial charge in [0.1, 0.15) is 17.2 Å². The molecule has 0 radical (unpaired) electrons. The van der Waals surface area contributed by atoms with Crippen LogP contribution in [0.25, 0.3) is 0 Å². The Hall–Kier alpha value is -2.29. The Morgan fingerprint density at radius 3 is 2.48 bits per heavy atom. The van der Waals surface area contributed by atoms with Crippen molar-refractivity contribution in [3.8, 4) is 0 Å². The van der Waals surface area contributed by atoms with E-state index in [0.29, 0.717) is 35.9 Å². The van der Waals surface area contributed by atoms with E-state index in [1.807, 2.05) is 4.57 Å². The lowest BCUT2D eigenvalue weighted by Crippen LogP contribution is -2.45. The Kier molecular flexibility index (Phi) is 6.14. The maximum Gasteiger partial charge on any atom is 0.416 e. The Bertz CT molecular complexity index is 1060. The van der Waals surface area contributed by atoms with Crippen molar-refractivity contribution in [3.05, 3.63) is 51.8 Å². The van der Waals surface area contributed by atoms with E-state index in [1.54, 1.807) is 25.7 Å². The minimum Gasteiger partial charge on any atom is -0.444 e. The standard InChI is InChI=1S/C23H26ClF4N3O2/c1-22(2,3)33-21(32)30-10-11-31-18(19(24)29-20(31)14-4-5-14)17(30)9-7-13-6-8-15(12-16(13)25)23(26,27)28/h6,8,12,14,17H,4-5,7,9-11H2,1-3H3. The van der Waals surface area contributed by atoms with Gasteiger partial charge in [-0.25, -0.2) is 14.2 Å². The first-order valence-electron chi connectivity index (χ1n) is 11.0. The van der Waals surface area contributed by atoms with Crippen LogP contribution >= 0.6 is 11.6 Å². The number of benzene rings is 1. The van der Waals surface area contributed by atoms with Crippen molar-refractivity contribution in [2.24, 2.45) is 0 Å². The fraction of sp³-hybridized carbons (Fsp3) is 0.565. The van der Waals surface area contributed by atoms with E-state index in [-0.39, 0.29) is 18.4 Å². The summed E-state index contributed by atoms with van der Waals surface area (Å²) in [6.45, 7) is 6.19. The first-order valence-corrected chi connectivity index (χ1v) is 11.3. The maximum absolute atomic E-state index is 14.5. The molecule has 0 bridgehead atoms. The highest BCUT2D eigenvalue weighted by atomic mass is 35.5. The number of imidazole rings is 1. The highest BCUT2D eigenvalue weighted by Crippen LogP contribution is 2.44. The molecule has 2 aromatic rings. The molecule has 5 nitrogen and oxygen atoms in total. The molecular weight excluding hydrogens is 462 g/mol. The van der Waals surface area contributed by atoms with Crippen LogP contribution in [-0.4, -0.2) is 32.7 Å². The van der Waals surface area contributed by atoms with Crippen LogP contribution in [0.2, 0.25) is 5.15 Å². The summed E-state index contributed by atoms with van der Waals surface area (Å²) in [4.78, 5) is 19.1. The Morgan fingerprint density at radius 1 is 1.21 bits per heavy atom. The van der Waals surface area contributed by atoms with Crippen molar-refractivity contribution in [2.75, 3.05) is 6.54 Å². The third-order valence-corrected chi connectivity index (χ3v) is 6.16. The number of carbonyl (C=O) groups is 1. The molecule has 0 spiro atoms. The Labute approximate surface area is 194 Å². The molecule has 2 heterocycles. The minimum atomic E-state index is -4.62. The number of hydrogen-bond acceptors (Lipinski definition) is 3. The Balaban J connectivity index is 1.63. The van der Waals surface area contributed by atoms with Crippen molar-refractivity contribution >= 4 is 17.7 Å². The molecule has 1 amide bonds. The van der Waals surface area contributed by atoms with E-state index < -0.39 is 35.3 Å². The molecule has 1 fully saturated rings. The highest BCUT2D eigenvalue weighted by Gasteiger charge is 2.40. The van der Waals surface area contributed by atoms with E-state index in [4.69, 9.17) is 16.3 Å². The lowest BCUT2D eigenvalue weighted by Gasteiger charge is -2.38. The zero-order valence-corrected chi connectivity index (χ0v) is 19.4. The molecule has 4 rings (SSSR count). The number of nitrogens with zero attached hydrogens (tertiary/aromatic N) is 3. The summed E-state index contributed by atoms with van der Waals surface area (Å²) >= 11 is 6.51. The first-order chi connectivity index (χ1) is 15.3. The van der Waals surface area contributed by atoms with E-state index in [0.717, 1.165) is 30.8 Å². The van der Waals surface area contributed by atoms with Gasteiger partial charge in [0.2, 0.25) is 0 Å². The van der Waals surface area contributed by atoms with Crippen LogP contribution in [0.15, 0.2) is 18.2 Å². The van der Waals surface area contributed by atoms with Gasteiger partial charge in [-0.1, -0.05) is 17.7 Å². The highest BCUT2D eigenvalue weighted by molar-refractivity contribution is 6.30. The molecule has 1 aliphatic carbocycles. The van der Waals surface area contributed by atoms with Gasteiger partial charge in [-0.15, -0.1) is 0 Å². The quantitative estimate of drug-likeness (QED) is 0.463. The third kappa shape index (κ3) is 5.13. The normalized spacial score (nSPS) is 18.9. The number of amides is 1. The smallest absolute Gasteiger partial charge is 0.416 e. The van der Waals surface area contributed by atoms with E-state index in [1.165, 1.54) is 0 Å². The zero-order valence-electron chi connectivity index (χ0n) is 18.7. The second-order valence-electron chi connectivity index (χ2n) is 9.60.